The molecule has 0 aromatic rings. The highest BCUT2D eigenvalue weighted by molar-refractivity contribution is 5.66. The van der Waals surface area contributed by atoms with Gasteiger partial charge in [-0.1, -0.05) is 12.8 Å². The molecule has 2 atom stereocenters. The Morgan fingerprint density at radius 1 is 1.43 bits per heavy atom. The molecule has 0 aromatic carbocycles. The molecule has 0 aliphatic heterocycles. The number of carboxylic acids is 1. The monoisotopic (exact) mass is 200 g/mol. The summed E-state index contributed by atoms with van der Waals surface area (Å²) in [4.78, 5) is 10.4. The van der Waals surface area contributed by atoms with Gasteiger partial charge < -0.3 is 9.84 Å². The minimum absolute atomic E-state index is 0.299. The van der Waals surface area contributed by atoms with Gasteiger partial charge in [-0.25, -0.2) is 0 Å². The topological polar surface area (TPSA) is 46.5 Å². The molecule has 1 rings (SSSR count). The van der Waals surface area contributed by atoms with Crippen LogP contribution in [0.5, 0.6) is 0 Å². The summed E-state index contributed by atoms with van der Waals surface area (Å²) in [5.41, 5.74) is 0. The van der Waals surface area contributed by atoms with Crippen LogP contribution in [-0.2, 0) is 9.53 Å². The van der Waals surface area contributed by atoms with E-state index in [0.717, 1.165) is 19.3 Å². The summed E-state index contributed by atoms with van der Waals surface area (Å²) in [7, 11) is 1.76. The molecule has 0 saturated heterocycles. The van der Waals surface area contributed by atoms with Crippen LogP contribution in [0.3, 0.4) is 0 Å². The fourth-order valence-corrected chi connectivity index (χ4v) is 2.33. The lowest BCUT2D eigenvalue weighted by atomic mass is 9.83. The first-order chi connectivity index (χ1) is 6.74. The second-order valence-corrected chi connectivity index (χ2v) is 4.10. The highest BCUT2D eigenvalue weighted by Crippen LogP contribution is 2.30. The van der Waals surface area contributed by atoms with Gasteiger partial charge in [-0.15, -0.1) is 0 Å². The van der Waals surface area contributed by atoms with Crippen molar-refractivity contribution in [2.75, 3.05) is 7.11 Å². The minimum atomic E-state index is -0.685. The van der Waals surface area contributed by atoms with Gasteiger partial charge >= 0.3 is 5.97 Å². The largest absolute Gasteiger partial charge is 0.481 e. The molecule has 14 heavy (non-hydrogen) atoms. The van der Waals surface area contributed by atoms with E-state index in [1.165, 1.54) is 19.3 Å². The van der Waals surface area contributed by atoms with Crippen LogP contribution in [0.2, 0.25) is 0 Å². The maximum Gasteiger partial charge on any atom is 0.303 e. The van der Waals surface area contributed by atoms with Gasteiger partial charge in [-0.3, -0.25) is 4.79 Å². The van der Waals surface area contributed by atoms with E-state index >= 15 is 0 Å². The second kappa shape index (κ2) is 6.02. The lowest BCUT2D eigenvalue weighted by Crippen LogP contribution is -2.26. The van der Waals surface area contributed by atoms with Crippen molar-refractivity contribution in [2.24, 2.45) is 5.92 Å². The number of carboxylic acid groups (broad SMARTS) is 1. The molecule has 0 aromatic heterocycles. The molecule has 1 saturated carbocycles. The number of rotatable bonds is 5. The van der Waals surface area contributed by atoms with Gasteiger partial charge in [0.15, 0.2) is 0 Å². The first-order valence-electron chi connectivity index (χ1n) is 5.48. The molecule has 0 heterocycles. The molecule has 0 spiro atoms. The van der Waals surface area contributed by atoms with E-state index in [0.29, 0.717) is 18.4 Å². The normalized spacial score (nSPS) is 27.5. The minimum Gasteiger partial charge on any atom is -0.481 e. The van der Waals surface area contributed by atoms with Crippen LogP contribution < -0.4 is 0 Å². The maximum atomic E-state index is 10.4. The predicted molar refractivity (Wildman–Crippen MR) is 54.2 cm³/mol. The standard InChI is InChI=1S/C11H20O3/c1-14-10-7-3-2-5-9(10)6-4-8-11(12)13/h9-10H,2-8H2,1H3,(H,12,13)/t9-,10-/m0/s1. The van der Waals surface area contributed by atoms with Crippen molar-refractivity contribution >= 4 is 5.97 Å². The molecule has 0 bridgehead atoms. The Morgan fingerprint density at radius 3 is 2.79 bits per heavy atom. The molecule has 3 nitrogen and oxygen atoms in total. The summed E-state index contributed by atoms with van der Waals surface area (Å²) in [5, 5.41) is 8.53. The third-order valence-electron chi connectivity index (χ3n) is 3.11. The number of hydrogen-bond donors (Lipinski definition) is 1. The van der Waals surface area contributed by atoms with Gasteiger partial charge in [-0.05, 0) is 31.6 Å². The van der Waals surface area contributed by atoms with E-state index in [-0.39, 0.29) is 0 Å². The Labute approximate surface area is 85.5 Å². The van der Waals surface area contributed by atoms with Crippen LogP contribution in [0.1, 0.15) is 44.9 Å². The summed E-state index contributed by atoms with van der Waals surface area (Å²) >= 11 is 0. The van der Waals surface area contributed by atoms with Crippen LogP contribution in [0.25, 0.3) is 0 Å². The Morgan fingerprint density at radius 2 is 2.14 bits per heavy atom. The average Bonchev–Trinajstić information content (AvgIpc) is 2.18. The molecular formula is C11H20O3. The summed E-state index contributed by atoms with van der Waals surface area (Å²) in [6.45, 7) is 0. The van der Waals surface area contributed by atoms with Gasteiger partial charge in [0, 0.05) is 13.5 Å². The Bertz CT molecular complexity index is 179. The SMILES string of the molecule is CO[C@H]1CCCC[C@H]1CCCC(=O)O. The molecule has 1 fully saturated rings. The Kier molecular flexibility index (Phi) is 4.94. The molecular weight excluding hydrogens is 180 g/mol. The van der Waals surface area contributed by atoms with Gasteiger partial charge in [0.05, 0.1) is 6.10 Å². The quantitative estimate of drug-likeness (QED) is 0.741. The van der Waals surface area contributed by atoms with Crippen molar-refractivity contribution in [3.8, 4) is 0 Å². The summed E-state index contributed by atoms with van der Waals surface area (Å²) in [5.74, 6) is -0.0946. The van der Waals surface area contributed by atoms with Crippen molar-refractivity contribution in [2.45, 2.75) is 51.0 Å². The summed E-state index contributed by atoms with van der Waals surface area (Å²) in [6, 6.07) is 0. The smallest absolute Gasteiger partial charge is 0.303 e. The molecule has 0 unspecified atom stereocenters. The fourth-order valence-electron chi connectivity index (χ4n) is 2.33. The number of methoxy groups -OCH3 is 1. The van der Waals surface area contributed by atoms with Crippen LogP contribution in [0, 0.1) is 5.92 Å². The molecule has 82 valence electrons. The summed E-state index contributed by atoms with van der Waals surface area (Å²) in [6.07, 6.45) is 7.35. The molecule has 0 amide bonds. The summed E-state index contributed by atoms with van der Waals surface area (Å²) < 4.78 is 5.41. The highest BCUT2D eigenvalue weighted by Gasteiger charge is 2.24. The van der Waals surface area contributed by atoms with Crippen molar-refractivity contribution < 1.29 is 14.6 Å². The number of carbonyl (C=O) groups is 1. The van der Waals surface area contributed by atoms with Gasteiger partial charge in [0.2, 0.25) is 0 Å². The second-order valence-electron chi connectivity index (χ2n) is 4.10. The third kappa shape index (κ3) is 3.66. The fraction of sp³-hybridized carbons (Fsp3) is 0.909. The maximum absolute atomic E-state index is 10.4. The molecule has 3 heteroatoms. The van der Waals surface area contributed by atoms with E-state index in [1.807, 2.05) is 0 Å². The van der Waals surface area contributed by atoms with Crippen LogP contribution >= 0.6 is 0 Å². The van der Waals surface area contributed by atoms with Crippen molar-refractivity contribution in [1.29, 1.82) is 0 Å². The first-order valence-corrected chi connectivity index (χ1v) is 5.48. The molecule has 1 aliphatic rings. The zero-order chi connectivity index (χ0) is 10.4. The van der Waals surface area contributed by atoms with Crippen molar-refractivity contribution in [3.63, 3.8) is 0 Å². The van der Waals surface area contributed by atoms with Crippen molar-refractivity contribution in [1.82, 2.24) is 0 Å². The molecule has 0 radical (unpaired) electrons. The number of hydrogen-bond acceptors (Lipinski definition) is 2. The van der Waals surface area contributed by atoms with Crippen LogP contribution in [0.15, 0.2) is 0 Å². The average molecular weight is 200 g/mol. The molecule has 1 N–H and O–H groups in total. The van der Waals surface area contributed by atoms with Gasteiger partial charge in [-0.2, -0.15) is 0 Å². The lowest BCUT2D eigenvalue weighted by molar-refractivity contribution is -0.137. The van der Waals surface area contributed by atoms with E-state index in [9.17, 15) is 4.79 Å². The van der Waals surface area contributed by atoms with Gasteiger partial charge in [0.1, 0.15) is 0 Å². The van der Waals surface area contributed by atoms with E-state index in [2.05, 4.69) is 0 Å². The highest BCUT2D eigenvalue weighted by atomic mass is 16.5. The zero-order valence-corrected chi connectivity index (χ0v) is 8.87. The zero-order valence-electron chi connectivity index (χ0n) is 8.87. The Hall–Kier alpha value is -0.570. The van der Waals surface area contributed by atoms with Crippen LogP contribution in [0.4, 0.5) is 0 Å². The number of ether oxygens (including phenoxy) is 1. The van der Waals surface area contributed by atoms with E-state index < -0.39 is 5.97 Å². The third-order valence-corrected chi connectivity index (χ3v) is 3.11. The van der Waals surface area contributed by atoms with E-state index in [4.69, 9.17) is 9.84 Å². The predicted octanol–water partition coefficient (Wildman–Crippen LogP) is 2.45. The first kappa shape index (κ1) is 11.5. The van der Waals surface area contributed by atoms with E-state index in [1.54, 1.807) is 7.11 Å². The van der Waals surface area contributed by atoms with Crippen LogP contribution in [-0.4, -0.2) is 24.3 Å². The molecule has 1 aliphatic carbocycles. The Balaban J connectivity index is 2.22. The van der Waals surface area contributed by atoms with Crippen molar-refractivity contribution in [3.05, 3.63) is 0 Å². The lowest BCUT2D eigenvalue weighted by Gasteiger charge is -2.30. The number of aliphatic carboxylic acids is 1. The van der Waals surface area contributed by atoms with Gasteiger partial charge in [0.25, 0.3) is 0 Å².